The van der Waals surface area contributed by atoms with E-state index in [2.05, 4.69) is 0 Å². The molecule has 0 heterocycles. The fourth-order valence-corrected chi connectivity index (χ4v) is 2.41. The molecule has 0 aromatic rings. The lowest BCUT2D eigenvalue weighted by molar-refractivity contribution is -0.138. The van der Waals surface area contributed by atoms with Gasteiger partial charge in [0.05, 0.1) is 12.0 Å². The second-order valence-electron chi connectivity index (χ2n) is 6.02. The van der Waals surface area contributed by atoms with Crippen LogP contribution in [0.4, 0.5) is 4.79 Å². The average molecular weight is 257 g/mol. The van der Waals surface area contributed by atoms with Crippen molar-refractivity contribution in [3.63, 3.8) is 0 Å². The lowest BCUT2D eigenvalue weighted by Crippen LogP contribution is -2.44. The van der Waals surface area contributed by atoms with Crippen LogP contribution in [0.3, 0.4) is 0 Å². The van der Waals surface area contributed by atoms with E-state index in [1.165, 1.54) is 4.90 Å². The Morgan fingerprint density at radius 1 is 1.44 bits per heavy atom. The molecule has 1 fully saturated rings. The molecular weight excluding hydrogens is 234 g/mol. The van der Waals surface area contributed by atoms with Crippen LogP contribution in [0, 0.1) is 5.92 Å². The normalized spacial score (nSPS) is 26.6. The van der Waals surface area contributed by atoms with Crippen molar-refractivity contribution in [3.8, 4) is 0 Å². The van der Waals surface area contributed by atoms with Crippen molar-refractivity contribution in [3.05, 3.63) is 0 Å². The van der Waals surface area contributed by atoms with E-state index in [9.17, 15) is 9.59 Å². The van der Waals surface area contributed by atoms with Crippen molar-refractivity contribution in [1.29, 1.82) is 0 Å². The van der Waals surface area contributed by atoms with E-state index < -0.39 is 23.2 Å². The number of carbonyl (C=O) groups excluding carboxylic acids is 1. The van der Waals surface area contributed by atoms with Gasteiger partial charge in [0.2, 0.25) is 0 Å². The quantitative estimate of drug-likeness (QED) is 0.840. The molecular formula is C13H23NO4. The van der Waals surface area contributed by atoms with Crippen LogP contribution < -0.4 is 0 Å². The standard InChI is InChI=1S/C13H23NO4/c1-6-9-7-13(9,8-10(15)16)14(5)11(17)18-12(2,3)4/h9H,6-8H2,1-5H3,(H,15,16). The zero-order chi connectivity index (χ0) is 14.1. The average Bonchev–Trinajstić information content (AvgIpc) is 2.88. The highest BCUT2D eigenvalue weighted by Crippen LogP contribution is 2.52. The Kier molecular flexibility index (Phi) is 3.93. The SMILES string of the molecule is CCC1CC1(CC(=O)O)N(C)C(=O)OC(C)(C)C. The maximum absolute atomic E-state index is 12.0. The minimum Gasteiger partial charge on any atom is -0.481 e. The van der Waals surface area contributed by atoms with Crippen molar-refractivity contribution < 1.29 is 19.4 Å². The van der Waals surface area contributed by atoms with Gasteiger partial charge in [-0.25, -0.2) is 4.79 Å². The zero-order valence-corrected chi connectivity index (χ0v) is 11.8. The number of amides is 1. The zero-order valence-electron chi connectivity index (χ0n) is 11.8. The highest BCUT2D eigenvalue weighted by atomic mass is 16.6. The predicted octanol–water partition coefficient (Wildman–Crippen LogP) is 2.50. The topological polar surface area (TPSA) is 66.8 Å². The molecule has 1 rings (SSSR count). The van der Waals surface area contributed by atoms with Gasteiger partial charge in [-0.05, 0) is 33.1 Å². The molecule has 2 unspecified atom stereocenters. The molecule has 0 spiro atoms. The Hall–Kier alpha value is -1.26. The van der Waals surface area contributed by atoms with E-state index in [0.717, 1.165) is 12.8 Å². The highest BCUT2D eigenvalue weighted by molar-refractivity contribution is 5.74. The van der Waals surface area contributed by atoms with Gasteiger partial charge in [-0.2, -0.15) is 0 Å². The number of carboxylic acid groups (broad SMARTS) is 1. The van der Waals surface area contributed by atoms with E-state index >= 15 is 0 Å². The summed E-state index contributed by atoms with van der Waals surface area (Å²) in [6.45, 7) is 7.41. The molecule has 2 atom stereocenters. The van der Waals surface area contributed by atoms with Crippen LogP contribution in [0.5, 0.6) is 0 Å². The van der Waals surface area contributed by atoms with Crippen LogP contribution in [0.2, 0.25) is 0 Å². The second-order valence-corrected chi connectivity index (χ2v) is 6.02. The van der Waals surface area contributed by atoms with Gasteiger partial charge in [-0.15, -0.1) is 0 Å². The monoisotopic (exact) mass is 257 g/mol. The van der Waals surface area contributed by atoms with Gasteiger partial charge in [0.15, 0.2) is 0 Å². The minimum atomic E-state index is -0.874. The van der Waals surface area contributed by atoms with E-state index in [1.807, 2.05) is 6.92 Å². The lowest BCUT2D eigenvalue weighted by atomic mass is 10.1. The summed E-state index contributed by atoms with van der Waals surface area (Å²) < 4.78 is 5.29. The number of carbonyl (C=O) groups is 2. The molecule has 0 aromatic heterocycles. The molecule has 0 saturated heterocycles. The molecule has 1 aliphatic carbocycles. The number of hydrogen-bond donors (Lipinski definition) is 1. The van der Waals surface area contributed by atoms with Crippen molar-refractivity contribution >= 4 is 12.1 Å². The summed E-state index contributed by atoms with van der Waals surface area (Å²) in [5, 5.41) is 8.99. The number of rotatable bonds is 4. The highest BCUT2D eigenvalue weighted by Gasteiger charge is 2.59. The number of ether oxygens (including phenoxy) is 1. The third-order valence-electron chi connectivity index (χ3n) is 3.49. The largest absolute Gasteiger partial charge is 0.481 e. The van der Waals surface area contributed by atoms with Crippen LogP contribution in [0.15, 0.2) is 0 Å². The Morgan fingerprint density at radius 3 is 2.33 bits per heavy atom. The Bertz CT molecular complexity index is 347. The number of carboxylic acids is 1. The summed E-state index contributed by atoms with van der Waals surface area (Å²) in [5.74, 6) is -0.618. The van der Waals surface area contributed by atoms with Gasteiger partial charge in [-0.3, -0.25) is 4.79 Å². The van der Waals surface area contributed by atoms with Crippen LogP contribution in [0.25, 0.3) is 0 Å². The third-order valence-corrected chi connectivity index (χ3v) is 3.49. The Labute approximate surface area is 108 Å². The number of hydrogen-bond acceptors (Lipinski definition) is 3. The third kappa shape index (κ3) is 3.15. The van der Waals surface area contributed by atoms with E-state index in [0.29, 0.717) is 0 Å². The first-order valence-corrected chi connectivity index (χ1v) is 6.31. The molecule has 1 aliphatic rings. The molecule has 1 N–H and O–H groups in total. The van der Waals surface area contributed by atoms with Crippen LogP contribution in [0.1, 0.15) is 47.0 Å². The van der Waals surface area contributed by atoms with Gasteiger partial charge in [0, 0.05) is 7.05 Å². The van der Waals surface area contributed by atoms with Gasteiger partial charge in [0.25, 0.3) is 0 Å². The molecule has 0 aliphatic heterocycles. The Balaban J connectivity index is 2.76. The van der Waals surface area contributed by atoms with Crippen molar-refractivity contribution in [1.82, 2.24) is 4.90 Å². The summed E-state index contributed by atoms with van der Waals surface area (Å²) in [4.78, 5) is 24.4. The molecule has 0 aromatic carbocycles. The van der Waals surface area contributed by atoms with Gasteiger partial charge in [-0.1, -0.05) is 13.3 Å². The molecule has 18 heavy (non-hydrogen) atoms. The molecule has 5 nitrogen and oxygen atoms in total. The summed E-state index contributed by atoms with van der Waals surface area (Å²) in [5.41, 5.74) is -1.12. The smallest absolute Gasteiger partial charge is 0.410 e. The van der Waals surface area contributed by atoms with Crippen molar-refractivity contribution in [2.45, 2.75) is 58.1 Å². The maximum Gasteiger partial charge on any atom is 0.410 e. The summed E-state index contributed by atoms with van der Waals surface area (Å²) in [7, 11) is 1.63. The molecule has 1 amide bonds. The first kappa shape index (κ1) is 14.8. The Morgan fingerprint density at radius 2 is 2.00 bits per heavy atom. The molecule has 0 radical (unpaired) electrons. The fraction of sp³-hybridized carbons (Fsp3) is 0.846. The van der Waals surface area contributed by atoms with Gasteiger partial charge in [0.1, 0.15) is 5.60 Å². The number of aliphatic carboxylic acids is 1. The molecule has 5 heteroatoms. The van der Waals surface area contributed by atoms with E-state index in [-0.39, 0.29) is 12.3 Å². The summed E-state index contributed by atoms with van der Waals surface area (Å²) in [6, 6.07) is 0. The predicted molar refractivity (Wildman–Crippen MR) is 67.4 cm³/mol. The van der Waals surface area contributed by atoms with Gasteiger partial charge < -0.3 is 14.7 Å². The molecule has 0 bridgehead atoms. The maximum atomic E-state index is 12.0. The minimum absolute atomic E-state index is 0.0126. The summed E-state index contributed by atoms with van der Waals surface area (Å²) in [6.07, 6.45) is 1.16. The first-order valence-electron chi connectivity index (χ1n) is 6.31. The van der Waals surface area contributed by atoms with Crippen LogP contribution in [-0.2, 0) is 9.53 Å². The number of nitrogens with zero attached hydrogens (tertiary/aromatic N) is 1. The fourth-order valence-electron chi connectivity index (χ4n) is 2.41. The second kappa shape index (κ2) is 4.78. The summed E-state index contributed by atoms with van der Waals surface area (Å²) >= 11 is 0. The van der Waals surface area contributed by atoms with Crippen LogP contribution >= 0.6 is 0 Å². The van der Waals surface area contributed by atoms with Crippen molar-refractivity contribution in [2.24, 2.45) is 5.92 Å². The lowest BCUT2D eigenvalue weighted by Gasteiger charge is -2.31. The van der Waals surface area contributed by atoms with Gasteiger partial charge >= 0.3 is 12.1 Å². The molecule has 104 valence electrons. The van der Waals surface area contributed by atoms with E-state index in [1.54, 1.807) is 27.8 Å². The van der Waals surface area contributed by atoms with E-state index in [4.69, 9.17) is 9.84 Å². The first-order chi connectivity index (χ1) is 8.12. The van der Waals surface area contributed by atoms with Crippen molar-refractivity contribution in [2.75, 3.05) is 7.05 Å². The van der Waals surface area contributed by atoms with Crippen LogP contribution in [-0.4, -0.2) is 40.3 Å². The molecule has 1 saturated carbocycles.